The van der Waals surface area contributed by atoms with Crippen LogP contribution in [0.15, 0.2) is 24.3 Å². The number of amides is 1. The first-order chi connectivity index (χ1) is 11.7. The highest BCUT2D eigenvalue weighted by Gasteiger charge is 2.31. The van der Waals surface area contributed by atoms with Crippen LogP contribution in [0.4, 0.5) is 0 Å². The summed E-state index contributed by atoms with van der Waals surface area (Å²) in [4.78, 5) is 21.6. The Balaban J connectivity index is 1.38. The number of thiazole rings is 1. The molecule has 2 aliphatic heterocycles. The first kappa shape index (κ1) is 16.0. The molecule has 0 saturated carbocycles. The van der Waals surface area contributed by atoms with E-state index in [4.69, 9.17) is 9.72 Å². The number of carbonyl (C=O) groups is 1. The van der Waals surface area contributed by atoms with Gasteiger partial charge in [0.2, 0.25) is 0 Å². The van der Waals surface area contributed by atoms with Crippen molar-refractivity contribution < 1.29 is 9.53 Å². The highest BCUT2D eigenvalue weighted by atomic mass is 32.1. The van der Waals surface area contributed by atoms with Crippen molar-refractivity contribution in [1.82, 2.24) is 14.8 Å². The largest absolute Gasteiger partial charge is 0.368 e. The zero-order valence-corrected chi connectivity index (χ0v) is 14.8. The van der Waals surface area contributed by atoms with Gasteiger partial charge in [-0.05, 0) is 31.9 Å². The maximum Gasteiger partial charge on any atom is 0.251 e. The molecule has 1 amide bonds. The minimum atomic E-state index is -0.196. The Morgan fingerprint density at radius 2 is 2.08 bits per heavy atom. The summed E-state index contributed by atoms with van der Waals surface area (Å²) in [5, 5.41) is 1.16. The zero-order chi connectivity index (χ0) is 16.5. The molecule has 6 heteroatoms. The molecule has 0 N–H and O–H groups in total. The SMILES string of the molecule is C[C@H](c1nc2ccccc2s1)N1CCN(C(=O)[C@@H]2CCCO2)CC1. The lowest BCUT2D eigenvalue weighted by atomic mass is 10.2. The fraction of sp³-hybridized carbons (Fsp3) is 0.556. The number of hydrogen-bond acceptors (Lipinski definition) is 5. The fourth-order valence-corrected chi connectivity index (χ4v) is 4.58. The minimum Gasteiger partial charge on any atom is -0.368 e. The van der Waals surface area contributed by atoms with Crippen LogP contribution in [0.1, 0.15) is 30.8 Å². The van der Waals surface area contributed by atoms with Gasteiger partial charge in [0.05, 0.1) is 16.3 Å². The predicted octanol–water partition coefficient (Wildman–Crippen LogP) is 2.68. The molecule has 1 aromatic heterocycles. The van der Waals surface area contributed by atoms with Crippen molar-refractivity contribution >= 4 is 27.5 Å². The maximum absolute atomic E-state index is 12.4. The summed E-state index contributed by atoms with van der Waals surface area (Å²) in [5.74, 6) is 0.180. The van der Waals surface area contributed by atoms with Crippen molar-refractivity contribution in [2.24, 2.45) is 0 Å². The zero-order valence-electron chi connectivity index (χ0n) is 14.0. The summed E-state index contributed by atoms with van der Waals surface area (Å²) in [5.41, 5.74) is 1.08. The third kappa shape index (κ3) is 3.06. The van der Waals surface area contributed by atoms with Crippen LogP contribution in [-0.4, -0.2) is 59.6 Å². The van der Waals surface area contributed by atoms with Crippen molar-refractivity contribution in [2.75, 3.05) is 32.8 Å². The molecule has 2 fully saturated rings. The lowest BCUT2D eigenvalue weighted by Crippen LogP contribution is -2.51. The second kappa shape index (κ2) is 6.78. The molecule has 3 heterocycles. The van der Waals surface area contributed by atoms with E-state index in [2.05, 4.69) is 30.0 Å². The molecular weight excluding hydrogens is 322 g/mol. The molecule has 0 aliphatic carbocycles. The summed E-state index contributed by atoms with van der Waals surface area (Å²) in [7, 11) is 0. The quantitative estimate of drug-likeness (QED) is 0.858. The molecule has 2 saturated heterocycles. The summed E-state index contributed by atoms with van der Waals surface area (Å²) in [6, 6.07) is 8.58. The van der Waals surface area contributed by atoms with Gasteiger partial charge in [0.15, 0.2) is 0 Å². The van der Waals surface area contributed by atoms with Crippen molar-refractivity contribution in [2.45, 2.75) is 31.9 Å². The van der Waals surface area contributed by atoms with Crippen molar-refractivity contribution in [3.63, 3.8) is 0 Å². The van der Waals surface area contributed by atoms with Crippen LogP contribution in [0.25, 0.3) is 10.2 Å². The predicted molar refractivity (Wildman–Crippen MR) is 95.2 cm³/mol. The Kier molecular flexibility index (Phi) is 4.52. The number of nitrogens with zero attached hydrogens (tertiary/aromatic N) is 3. The number of para-hydroxylation sites is 1. The lowest BCUT2D eigenvalue weighted by molar-refractivity contribution is -0.143. The van der Waals surface area contributed by atoms with Gasteiger partial charge in [-0.15, -0.1) is 11.3 Å². The highest BCUT2D eigenvalue weighted by Crippen LogP contribution is 2.30. The third-order valence-corrected chi connectivity index (χ3v) is 6.25. The number of ether oxygens (including phenoxy) is 1. The van der Waals surface area contributed by atoms with Gasteiger partial charge in [0, 0.05) is 32.8 Å². The Hall–Kier alpha value is -1.50. The summed E-state index contributed by atoms with van der Waals surface area (Å²) in [6.07, 6.45) is 1.69. The van der Waals surface area contributed by atoms with Crippen LogP contribution >= 0.6 is 11.3 Å². The third-order valence-electron chi connectivity index (χ3n) is 5.05. The second-order valence-corrected chi connectivity index (χ2v) is 7.62. The molecule has 128 valence electrons. The Morgan fingerprint density at radius 3 is 2.79 bits per heavy atom. The number of benzene rings is 1. The normalized spacial score (nSPS) is 23.7. The van der Waals surface area contributed by atoms with Crippen molar-refractivity contribution in [1.29, 1.82) is 0 Å². The summed E-state index contributed by atoms with van der Waals surface area (Å²) < 4.78 is 6.77. The molecule has 0 unspecified atom stereocenters. The van der Waals surface area contributed by atoms with Crippen LogP contribution in [0.3, 0.4) is 0 Å². The minimum absolute atomic E-state index is 0.180. The van der Waals surface area contributed by atoms with E-state index >= 15 is 0 Å². The molecule has 0 radical (unpaired) electrons. The van der Waals surface area contributed by atoms with Gasteiger partial charge < -0.3 is 9.64 Å². The maximum atomic E-state index is 12.4. The number of fused-ring (bicyclic) bond motifs is 1. The molecule has 0 spiro atoms. The Morgan fingerprint density at radius 1 is 1.29 bits per heavy atom. The topological polar surface area (TPSA) is 45.7 Å². The fourth-order valence-electron chi connectivity index (χ4n) is 3.53. The van der Waals surface area contributed by atoms with Crippen LogP contribution in [0.5, 0.6) is 0 Å². The van der Waals surface area contributed by atoms with Gasteiger partial charge in [-0.1, -0.05) is 12.1 Å². The first-order valence-electron chi connectivity index (χ1n) is 8.72. The van der Waals surface area contributed by atoms with E-state index in [-0.39, 0.29) is 12.0 Å². The number of carbonyl (C=O) groups excluding carboxylic acids is 1. The van der Waals surface area contributed by atoms with Crippen LogP contribution in [0.2, 0.25) is 0 Å². The van der Waals surface area contributed by atoms with Gasteiger partial charge in [0.1, 0.15) is 11.1 Å². The second-order valence-electron chi connectivity index (χ2n) is 6.56. The van der Waals surface area contributed by atoms with Crippen LogP contribution in [0, 0.1) is 0 Å². The van der Waals surface area contributed by atoms with E-state index in [0.717, 1.165) is 56.2 Å². The molecule has 4 rings (SSSR count). The molecular formula is C18H23N3O2S. The van der Waals surface area contributed by atoms with Gasteiger partial charge in [-0.2, -0.15) is 0 Å². The van der Waals surface area contributed by atoms with Crippen LogP contribution < -0.4 is 0 Å². The monoisotopic (exact) mass is 345 g/mol. The van der Waals surface area contributed by atoms with E-state index < -0.39 is 0 Å². The van der Waals surface area contributed by atoms with E-state index in [9.17, 15) is 4.79 Å². The first-order valence-corrected chi connectivity index (χ1v) is 9.54. The van der Waals surface area contributed by atoms with Gasteiger partial charge >= 0.3 is 0 Å². The van der Waals surface area contributed by atoms with E-state index in [1.165, 1.54) is 4.70 Å². The molecule has 24 heavy (non-hydrogen) atoms. The summed E-state index contributed by atoms with van der Waals surface area (Å²) in [6.45, 7) is 6.31. The molecule has 5 nitrogen and oxygen atoms in total. The molecule has 1 aromatic carbocycles. The van der Waals surface area contributed by atoms with Crippen molar-refractivity contribution in [3.05, 3.63) is 29.3 Å². The number of piperazine rings is 1. The number of rotatable bonds is 3. The standard InChI is InChI=1S/C18H23N3O2S/c1-13(17-19-14-5-2-3-7-16(14)24-17)20-8-10-21(11-9-20)18(22)15-6-4-12-23-15/h2-3,5,7,13,15H,4,6,8-12H2,1H3/t13-,15+/m1/s1. The van der Waals surface area contributed by atoms with E-state index in [0.29, 0.717) is 6.04 Å². The van der Waals surface area contributed by atoms with Gasteiger partial charge in [-0.3, -0.25) is 9.69 Å². The molecule has 2 aliphatic rings. The smallest absolute Gasteiger partial charge is 0.251 e. The van der Waals surface area contributed by atoms with E-state index in [1.54, 1.807) is 11.3 Å². The Bertz CT molecular complexity index is 685. The van der Waals surface area contributed by atoms with Crippen molar-refractivity contribution in [3.8, 4) is 0 Å². The lowest BCUT2D eigenvalue weighted by Gasteiger charge is -2.38. The molecule has 0 bridgehead atoms. The van der Waals surface area contributed by atoms with Crippen LogP contribution in [-0.2, 0) is 9.53 Å². The average Bonchev–Trinajstić information content (AvgIpc) is 3.30. The van der Waals surface area contributed by atoms with E-state index in [1.807, 2.05) is 11.0 Å². The highest BCUT2D eigenvalue weighted by molar-refractivity contribution is 7.18. The number of aromatic nitrogens is 1. The van der Waals surface area contributed by atoms with Gasteiger partial charge in [-0.25, -0.2) is 4.98 Å². The molecule has 2 atom stereocenters. The Labute approximate surface area is 146 Å². The number of hydrogen-bond donors (Lipinski definition) is 0. The average molecular weight is 345 g/mol. The summed E-state index contributed by atoms with van der Waals surface area (Å²) >= 11 is 1.77. The molecule has 2 aromatic rings. The van der Waals surface area contributed by atoms with Gasteiger partial charge in [0.25, 0.3) is 5.91 Å².